The van der Waals surface area contributed by atoms with E-state index in [-0.39, 0.29) is 0 Å². The van der Waals surface area contributed by atoms with Crippen molar-refractivity contribution in [1.82, 2.24) is 0 Å². The lowest BCUT2D eigenvalue weighted by Crippen LogP contribution is -2.08. The zero-order valence-electron chi connectivity index (χ0n) is 10.2. The van der Waals surface area contributed by atoms with Crippen LogP contribution in [0.15, 0.2) is 23.2 Å². The largest absolute Gasteiger partial charge is 0.334 e. The minimum absolute atomic E-state index is 0.630. The SMILES string of the molecule is CCCC1CN=C(Nc2c(C)cccc2Cl)S1. The van der Waals surface area contributed by atoms with E-state index in [0.29, 0.717) is 5.25 Å². The van der Waals surface area contributed by atoms with Gasteiger partial charge in [-0.25, -0.2) is 0 Å². The molecule has 0 saturated carbocycles. The van der Waals surface area contributed by atoms with Gasteiger partial charge in [0, 0.05) is 5.25 Å². The van der Waals surface area contributed by atoms with Gasteiger partial charge in [0.25, 0.3) is 0 Å². The molecule has 4 heteroatoms. The van der Waals surface area contributed by atoms with Gasteiger partial charge in [0.05, 0.1) is 17.3 Å². The minimum atomic E-state index is 0.630. The first-order valence-corrected chi connectivity index (χ1v) is 7.19. The fourth-order valence-corrected chi connectivity index (χ4v) is 3.25. The molecule has 0 fully saturated rings. The van der Waals surface area contributed by atoms with Crippen LogP contribution in [0, 0.1) is 6.92 Å². The lowest BCUT2D eigenvalue weighted by atomic mass is 10.2. The van der Waals surface area contributed by atoms with Crippen molar-refractivity contribution in [3.63, 3.8) is 0 Å². The Kier molecular flexibility index (Phi) is 4.35. The Morgan fingerprint density at radius 3 is 3.06 bits per heavy atom. The molecule has 1 atom stereocenters. The van der Waals surface area contributed by atoms with Crippen molar-refractivity contribution in [2.45, 2.75) is 31.9 Å². The maximum Gasteiger partial charge on any atom is 0.161 e. The van der Waals surface area contributed by atoms with Crippen LogP contribution in [0.5, 0.6) is 0 Å². The number of halogens is 1. The van der Waals surface area contributed by atoms with Crippen molar-refractivity contribution in [3.05, 3.63) is 28.8 Å². The molecular weight excluding hydrogens is 252 g/mol. The van der Waals surface area contributed by atoms with Gasteiger partial charge in [0.1, 0.15) is 0 Å². The van der Waals surface area contributed by atoms with Gasteiger partial charge in [0.15, 0.2) is 5.17 Å². The molecule has 2 rings (SSSR count). The van der Waals surface area contributed by atoms with E-state index >= 15 is 0 Å². The molecule has 1 aromatic rings. The van der Waals surface area contributed by atoms with E-state index in [2.05, 4.69) is 30.2 Å². The number of nitrogens with one attached hydrogen (secondary N) is 1. The number of benzene rings is 1. The molecule has 1 unspecified atom stereocenters. The molecule has 1 N–H and O–H groups in total. The highest BCUT2D eigenvalue weighted by Crippen LogP contribution is 2.30. The number of rotatable bonds is 3. The first kappa shape index (κ1) is 12.8. The van der Waals surface area contributed by atoms with Crippen LogP contribution in [0.4, 0.5) is 5.69 Å². The second kappa shape index (κ2) is 5.78. The highest BCUT2D eigenvalue weighted by atomic mass is 35.5. The summed E-state index contributed by atoms with van der Waals surface area (Å²) in [6, 6.07) is 5.92. The topological polar surface area (TPSA) is 24.4 Å². The van der Waals surface area contributed by atoms with E-state index in [1.807, 2.05) is 23.9 Å². The first-order valence-electron chi connectivity index (χ1n) is 5.94. The molecule has 0 amide bonds. The second-order valence-electron chi connectivity index (χ2n) is 4.23. The zero-order chi connectivity index (χ0) is 12.3. The third-order valence-corrected chi connectivity index (χ3v) is 4.27. The quantitative estimate of drug-likeness (QED) is 0.882. The molecule has 0 saturated heterocycles. The number of anilines is 1. The zero-order valence-corrected chi connectivity index (χ0v) is 11.7. The Morgan fingerprint density at radius 2 is 2.35 bits per heavy atom. The first-order chi connectivity index (χ1) is 8.20. The van der Waals surface area contributed by atoms with E-state index < -0.39 is 0 Å². The van der Waals surface area contributed by atoms with Gasteiger partial charge in [0.2, 0.25) is 0 Å². The molecule has 1 aromatic carbocycles. The monoisotopic (exact) mass is 268 g/mol. The predicted molar refractivity (Wildman–Crippen MR) is 78.4 cm³/mol. The van der Waals surface area contributed by atoms with Gasteiger partial charge >= 0.3 is 0 Å². The molecule has 1 heterocycles. The van der Waals surface area contributed by atoms with Crippen molar-refractivity contribution >= 4 is 34.2 Å². The van der Waals surface area contributed by atoms with Crippen molar-refractivity contribution < 1.29 is 0 Å². The fourth-order valence-electron chi connectivity index (χ4n) is 1.86. The summed E-state index contributed by atoms with van der Waals surface area (Å²) in [4.78, 5) is 4.52. The second-order valence-corrected chi connectivity index (χ2v) is 5.93. The van der Waals surface area contributed by atoms with Crippen LogP contribution in [0.1, 0.15) is 25.3 Å². The Morgan fingerprint density at radius 1 is 1.53 bits per heavy atom. The summed E-state index contributed by atoms with van der Waals surface area (Å²) < 4.78 is 0. The number of para-hydroxylation sites is 1. The molecule has 17 heavy (non-hydrogen) atoms. The van der Waals surface area contributed by atoms with E-state index in [0.717, 1.165) is 28.0 Å². The highest BCUT2D eigenvalue weighted by molar-refractivity contribution is 8.15. The average molecular weight is 269 g/mol. The highest BCUT2D eigenvalue weighted by Gasteiger charge is 2.19. The number of amidine groups is 1. The van der Waals surface area contributed by atoms with Crippen LogP contribution < -0.4 is 5.32 Å². The maximum atomic E-state index is 6.18. The minimum Gasteiger partial charge on any atom is -0.334 e. The van der Waals surface area contributed by atoms with E-state index in [9.17, 15) is 0 Å². The van der Waals surface area contributed by atoms with Gasteiger partial charge < -0.3 is 5.32 Å². The van der Waals surface area contributed by atoms with Gasteiger partial charge in [-0.05, 0) is 25.0 Å². The Labute approximate surface area is 112 Å². The summed E-state index contributed by atoms with van der Waals surface area (Å²) in [7, 11) is 0. The Balaban J connectivity index is 2.03. The summed E-state index contributed by atoms with van der Waals surface area (Å²) >= 11 is 8.01. The summed E-state index contributed by atoms with van der Waals surface area (Å²) in [6.07, 6.45) is 2.44. The van der Waals surface area contributed by atoms with Crippen molar-refractivity contribution in [2.24, 2.45) is 4.99 Å². The van der Waals surface area contributed by atoms with Crippen LogP contribution in [-0.4, -0.2) is 17.0 Å². The molecular formula is C13H17ClN2S. The Hall–Kier alpha value is -0.670. The summed E-state index contributed by atoms with van der Waals surface area (Å²) in [5, 5.41) is 5.73. The summed E-state index contributed by atoms with van der Waals surface area (Å²) in [5.41, 5.74) is 2.14. The summed E-state index contributed by atoms with van der Waals surface area (Å²) in [6.45, 7) is 5.19. The smallest absolute Gasteiger partial charge is 0.161 e. The molecule has 2 nitrogen and oxygen atoms in total. The molecule has 0 radical (unpaired) electrons. The van der Waals surface area contributed by atoms with Gasteiger partial charge in [-0.2, -0.15) is 0 Å². The lowest BCUT2D eigenvalue weighted by Gasteiger charge is -2.11. The van der Waals surface area contributed by atoms with Gasteiger partial charge in [-0.15, -0.1) is 0 Å². The fraction of sp³-hybridized carbons (Fsp3) is 0.462. The van der Waals surface area contributed by atoms with Crippen molar-refractivity contribution in [1.29, 1.82) is 0 Å². The molecule has 0 spiro atoms. The number of aliphatic imine (C=N–C) groups is 1. The Bertz CT molecular complexity index is 411. The van der Waals surface area contributed by atoms with Crippen LogP contribution in [0.3, 0.4) is 0 Å². The van der Waals surface area contributed by atoms with Crippen molar-refractivity contribution in [2.75, 3.05) is 11.9 Å². The molecule has 0 bridgehead atoms. The van der Waals surface area contributed by atoms with Crippen LogP contribution in [0.2, 0.25) is 5.02 Å². The molecule has 1 aliphatic heterocycles. The lowest BCUT2D eigenvalue weighted by molar-refractivity contribution is 0.754. The van der Waals surface area contributed by atoms with E-state index in [4.69, 9.17) is 11.6 Å². The molecule has 1 aliphatic rings. The third-order valence-electron chi connectivity index (χ3n) is 2.78. The number of nitrogens with zero attached hydrogens (tertiary/aromatic N) is 1. The number of aryl methyl sites for hydroxylation is 1. The van der Waals surface area contributed by atoms with Crippen LogP contribution in [0.25, 0.3) is 0 Å². The average Bonchev–Trinajstić information content (AvgIpc) is 2.72. The third kappa shape index (κ3) is 3.17. The summed E-state index contributed by atoms with van der Waals surface area (Å²) in [5.74, 6) is 0. The number of hydrogen-bond acceptors (Lipinski definition) is 3. The maximum absolute atomic E-state index is 6.18. The number of thioether (sulfide) groups is 1. The molecule has 92 valence electrons. The predicted octanol–water partition coefficient (Wildman–Crippen LogP) is 4.33. The molecule has 0 aliphatic carbocycles. The molecule has 0 aromatic heterocycles. The van der Waals surface area contributed by atoms with Crippen molar-refractivity contribution in [3.8, 4) is 0 Å². The van der Waals surface area contributed by atoms with E-state index in [1.165, 1.54) is 12.8 Å². The normalized spacial score (nSPS) is 19.2. The standard InChI is InChI=1S/C13H17ClN2S/c1-3-5-10-8-15-13(17-10)16-12-9(2)6-4-7-11(12)14/h4,6-7,10H,3,5,8H2,1-2H3,(H,15,16). The number of hydrogen-bond donors (Lipinski definition) is 1. The van der Waals surface area contributed by atoms with E-state index in [1.54, 1.807) is 0 Å². The van der Waals surface area contributed by atoms with Crippen LogP contribution >= 0.6 is 23.4 Å². The van der Waals surface area contributed by atoms with Gasteiger partial charge in [-0.3, -0.25) is 4.99 Å². The van der Waals surface area contributed by atoms with Gasteiger partial charge in [-0.1, -0.05) is 48.8 Å². The van der Waals surface area contributed by atoms with Crippen LogP contribution in [-0.2, 0) is 0 Å².